The molecular weight excluding hydrogens is 266 g/mol. The molecule has 108 valence electrons. The van der Waals surface area contributed by atoms with Crippen molar-refractivity contribution >= 4 is 11.6 Å². The summed E-state index contributed by atoms with van der Waals surface area (Å²) >= 11 is 0. The average Bonchev–Trinajstić information content (AvgIpc) is 2.53. The molecule has 1 aromatic heterocycles. The number of nitrogens with two attached hydrogens (primary N) is 1. The number of carbonyl (C=O) groups excluding carboxylic acids is 1. The molecule has 2 aromatic rings. The number of nitrogens with zero attached hydrogens (tertiary/aromatic N) is 1. The lowest BCUT2D eigenvalue weighted by molar-refractivity contribution is -0.116. The number of hydrogen-bond donors (Lipinski definition) is 2. The van der Waals surface area contributed by atoms with Crippen LogP contribution in [0, 0.1) is 0 Å². The average molecular weight is 283 g/mol. The Balaban J connectivity index is 1.80. The number of rotatable bonds is 4. The maximum atomic E-state index is 11.4. The topological polar surface area (TPSA) is 77.2 Å². The van der Waals surface area contributed by atoms with E-state index in [0.29, 0.717) is 13.0 Å². The lowest BCUT2D eigenvalue weighted by atomic mass is 10.0. The van der Waals surface area contributed by atoms with Gasteiger partial charge in [0, 0.05) is 24.8 Å². The maximum absolute atomic E-state index is 11.4. The summed E-state index contributed by atoms with van der Waals surface area (Å²) in [5.74, 6) is 0.801. The highest BCUT2D eigenvalue weighted by Gasteiger charge is 2.17. The summed E-state index contributed by atoms with van der Waals surface area (Å²) in [5, 5.41) is 2.85. The first kappa shape index (κ1) is 13.6. The van der Waals surface area contributed by atoms with E-state index in [1.807, 2.05) is 36.4 Å². The van der Waals surface area contributed by atoms with E-state index < -0.39 is 0 Å². The van der Waals surface area contributed by atoms with Gasteiger partial charge in [0.1, 0.15) is 5.75 Å². The molecule has 1 unspecified atom stereocenters. The summed E-state index contributed by atoms with van der Waals surface area (Å²) in [4.78, 5) is 15.6. The Labute approximate surface area is 123 Å². The highest BCUT2D eigenvalue weighted by molar-refractivity contribution is 5.93. The van der Waals surface area contributed by atoms with Gasteiger partial charge in [0.05, 0.1) is 5.69 Å². The van der Waals surface area contributed by atoms with Crippen LogP contribution in [-0.2, 0) is 11.2 Å². The molecule has 0 saturated carbocycles. The molecule has 0 bridgehead atoms. The van der Waals surface area contributed by atoms with Gasteiger partial charge in [-0.25, -0.2) is 0 Å². The molecule has 1 amide bonds. The second-order valence-corrected chi connectivity index (χ2v) is 4.96. The number of amides is 1. The number of aryl methyl sites for hydroxylation is 1. The van der Waals surface area contributed by atoms with E-state index in [2.05, 4.69) is 10.3 Å². The van der Waals surface area contributed by atoms with Crippen LogP contribution in [0.3, 0.4) is 0 Å². The zero-order valence-electron chi connectivity index (χ0n) is 11.6. The second-order valence-electron chi connectivity index (χ2n) is 4.96. The van der Waals surface area contributed by atoms with Crippen molar-refractivity contribution < 1.29 is 9.53 Å². The van der Waals surface area contributed by atoms with Crippen LogP contribution in [0.4, 0.5) is 5.69 Å². The number of pyridine rings is 1. The summed E-state index contributed by atoms with van der Waals surface area (Å²) in [6.45, 7) is 0.352. The Morgan fingerprint density at radius 3 is 2.95 bits per heavy atom. The van der Waals surface area contributed by atoms with Crippen molar-refractivity contribution in [1.82, 2.24) is 4.98 Å². The summed E-state index contributed by atoms with van der Waals surface area (Å²) in [7, 11) is 0. The van der Waals surface area contributed by atoms with E-state index in [1.165, 1.54) is 0 Å². The number of nitrogens with one attached hydrogen (secondary N) is 1. The summed E-state index contributed by atoms with van der Waals surface area (Å²) in [5.41, 5.74) is 8.55. The van der Waals surface area contributed by atoms with Crippen molar-refractivity contribution in [3.8, 4) is 5.75 Å². The van der Waals surface area contributed by atoms with Crippen LogP contribution in [0.25, 0.3) is 0 Å². The van der Waals surface area contributed by atoms with Gasteiger partial charge in [-0.05, 0) is 42.3 Å². The van der Waals surface area contributed by atoms with Crippen molar-refractivity contribution in [2.45, 2.75) is 18.9 Å². The number of ether oxygens (including phenoxy) is 1. The standard InChI is InChI=1S/C16H17N3O2/c17-10-15(14-3-1-2-8-18-14)21-12-5-6-13-11(9-12)4-7-16(20)19-13/h1-3,5-6,8-9,15H,4,7,10,17H2,(H,19,20). The highest BCUT2D eigenvalue weighted by Crippen LogP contribution is 2.29. The third-order valence-corrected chi connectivity index (χ3v) is 3.48. The monoisotopic (exact) mass is 283 g/mol. The molecule has 0 aliphatic carbocycles. The molecule has 1 aliphatic rings. The van der Waals surface area contributed by atoms with Crippen molar-refractivity contribution in [2.75, 3.05) is 11.9 Å². The SMILES string of the molecule is NCC(Oc1ccc2c(c1)CCC(=O)N2)c1ccccn1. The number of fused-ring (bicyclic) bond motifs is 1. The number of benzene rings is 1. The predicted molar refractivity (Wildman–Crippen MR) is 80.1 cm³/mol. The van der Waals surface area contributed by atoms with E-state index in [-0.39, 0.29) is 12.0 Å². The lowest BCUT2D eigenvalue weighted by Gasteiger charge is -2.20. The van der Waals surface area contributed by atoms with Crippen LogP contribution in [0.2, 0.25) is 0 Å². The normalized spacial score (nSPS) is 15.0. The van der Waals surface area contributed by atoms with Gasteiger partial charge in [-0.3, -0.25) is 9.78 Å². The number of aromatic nitrogens is 1. The van der Waals surface area contributed by atoms with Crippen molar-refractivity contribution in [1.29, 1.82) is 0 Å². The molecule has 1 atom stereocenters. The summed E-state index contributed by atoms with van der Waals surface area (Å²) in [6.07, 6.45) is 2.69. The first-order valence-corrected chi connectivity index (χ1v) is 6.96. The number of hydrogen-bond acceptors (Lipinski definition) is 4. The van der Waals surface area contributed by atoms with Gasteiger partial charge in [-0.1, -0.05) is 6.07 Å². The highest BCUT2D eigenvalue weighted by atomic mass is 16.5. The van der Waals surface area contributed by atoms with Crippen LogP contribution in [0.5, 0.6) is 5.75 Å². The van der Waals surface area contributed by atoms with Crippen LogP contribution in [0.1, 0.15) is 23.8 Å². The van der Waals surface area contributed by atoms with Gasteiger partial charge < -0.3 is 15.8 Å². The van der Waals surface area contributed by atoms with E-state index >= 15 is 0 Å². The molecule has 5 nitrogen and oxygen atoms in total. The van der Waals surface area contributed by atoms with Gasteiger partial charge in [0.25, 0.3) is 0 Å². The second kappa shape index (κ2) is 5.93. The Morgan fingerprint density at radius 1 is 1.29 bits per heavy atom. The van der Waals surface area contributed by atoms with Crippen molar-refractivity contribution in [3.05, 3.63) is 53.9 Å². The predicted octanol–water partition coefficient (Wildman–Crippen LogP) is 2.05. The van der Waals surface area contributed by atoms with Crippen LogP contribution < -0.4 is 15.8 Å². The fraction of sp³-hybridized carbons (Fsp3) is 0.250. The zero-order chi connectivity index (χ0) is 14.7. The minimum atomic E-state index is -0.276. The molecule has 21 heavy (non-hydrogen) atoms. The van der Waals surface area contributed by atoms with Crippen LogP contribution >= 0.6 is 0 Å². The Kier molecular flexibility index (Phi) is 3.83. The van der Waals surface area contributed by atoms with E-state index in [9.17, 15) is 4.79 Å². The van der Waals surface area contributed by atoms with E-state index in [4.69, 9.17) is 10.5 Å². The number of carbonyl (C=O) groups is 1. The Bertz CT molecular complexity index is 643. The summed E-state index contributed by atoms with van der Waals surface area (Å²) < 4.78 is 5.94. The van der Waals surface area contributed by atoms with E-state index in [1.54, 1.807) is 6.20 Å². The molecular formula is C16H17N3O2. The minimum Gasteiger partial charge on any atom is -0.483 e. The Morgan fingerprint density at radius 2 is 2.19 bits per heavy atom. The molecule has 3 rings (SSSR count). The molecule has 1 aliphatic heterocycles. The van der Waals surface area contributed by atoms with Crippen LogP contribution in [0.15, 0.2) is 42.6 Å². The maximum Gasteiger partial charge on any atom is 0.224 e. The van der Waals surface area contributed by atoms with Gasteiger partial charge in [-0.2, -0.15) is 0 Å². The first-order valence-electron chi connectivity index (χ1n) is 6.96. The smallest absolute Gasteiger partial charge is 0.224 e. The zero-order valence-corrected chi connectivity index (χ0v) is 11.6. The molecule has 3 N–H and O–H groups in total. The van der Waals surface area contributed by atoms with Gasteiger partial charge in [0.2, 0.25) is 5.91 Å². The molecule has 1 aromatic carbocycles. The van der Waals surface area contributed by atoms with Gasteiger partial charge in [-0.15, -0.1) is 0 Å². The van der Waals surface area contributed by atoms with Crippen molar-refractivity contribution in [2.24, 2.45) is 5.73 Å². The number of anilines is 1. The molecule has 2 heterocycles. The van der Waals surface area contributed by atoms with Crippen molar-refractivity contribution in [3.63, 3.8) is 0 Å². The molecule has 0 spiro atoms. The quantitative estimate of drug-likeness (QED) is 0.900. The third-order valence-electron chi connectivity index (χ3n) is 3.48. The fourth-order valence-electron chi connectivity index (χ4n) is 2.39. The van der Waals surface area contributed by atoms with Gasteiger partial charge in [0.15, 0.2) is 6.10 Å². The fourth-order valence-corrected chi connectivity index (χ4v) is 2.39. The molecule has 0 saturated heterocycles. The van der Waals surface area contributed by atoms with Crippen LogP contribution in [-0.4, -0.2) is 17.4 Å². The Hall–Kier alpha value is -2.40. The molecule has 0 fully saturated rings. The minimum absolute atomic E-state index is 0.0597. The van der Waals surface area contributed by atoms with E-state index in [0.717, 1.165) is 29.1 Å². The van der Waals surface area contributed by atoms with Gasteiger partial charge >= 0.3 is 0 Å². The molecule has 0 radical (unpaired) electrons. The third kappa shape index (κ3) is 3.03. The lowest BCUT2D eigenvalue weighted by Crippen LogP contribution is -2.21. The largest absolute Gasteiger partial charge is 0.483 e. The molecule has 5 heteroatoms. The first-order chi connectivity index (χ1) is 10.3. The summed E-state index contributed by atoms with van der Waals surface area (Å²) in [6, 6.07) is 11.3.